The Labute approximate surface area is 200 Å². The molecule has 1 fully saturated rings. The number of carboxylic acids is 1. The second kappa shape index (κ2) is 10.7. The highest BCUT2D eigenvalue weighted by Crippen LogP contribution is 2.44. The van der Waals surface area contributed by atoms with Crippen molar-refractivity contribution in [2.75, 3.05) is 26.2 Å². The number of likely N-dealkylation sites (tertiary alicyclic amines) is 1. The van der Waals surface area contributed by atoms with Gasteiger partial charge in [0.1, 0.15) is 6.61 Å². The van der Waals surface area contributed by atoms with Gasteiger partial charge in [-0.1, -0.05) is 61.9 Å². The lowest BCUT2D eigenvalue weighted by Gasteiger charge is -2.21. The molecule has 7 nitrogen and oxygen atoms in total. The first-order chi connectivity index (χ1) is 16.5. The number of carbonyl (C=O) groups excluding carboxylic acids is 2. The van der Waals surface area contributed by atoms with E-state index in [1.165, 1.54) is 22.3 Å². The van der Waals surface area contributed by atoms with E-state index in [1.54, 1.807) is 4.90 Å². The average molecular weight is 465 g/mol. The third kappa shape index (κ3) is 5.41. The number of nitrogens with one attached hydrogen (secondary N) is 1. The fraction of sp³-hybridized carbons (Fsp3) is 0.444. The van der Waals surface area contributed by atoms with Crippen molar-refractivity contribution in [2.45, 2.75) is 38.5 Å². The molecule has 4 rings (SSSR count). The first-order valence-corrected chi connectivity index (χ1v) is 12.0. The smallest absolute Gasteiger partial charge is 0.407 e. The van der Waals surface area contributed by atoms with Crippen LogP contribution in [0.15, 0.2) is 48.5 Å². The number of carbonyl (C=O) groups is 3. The van der Waals surface area contributed by atoms with Gasteiger partial charge < -0.3 is 20.1 Å². The number of hydrogen-bond acceptors (Lipinski definition) is 4. The molecule has 180 valence electrons. The zero-order valence-corrected chi connectivity index (χ0v) is 19.5. The number of aliphatic carboxylic acids is 1. The topological polar surface area (TPSA) is 95.9 Å². The van der Waals surface area contributed by atoms with Gasteiger partial charge in [0.25, 0.3) is 0 Å². The van der Waals surface area contributed by atoms with Crippen molar-refractivity contribution < 1.29 is 24.2 Å². The quantitative estimate of drug-likeness (QED) is 0.578. The van der Waals surface area contributed by atoms with Gasteiger partial charge in [-0.05, 0) is 40.5 Å². The summed E-state index contributed by atoms with van der Waals surface area (Å²) in [6.45, 7) is 3.72. The Morgan fingerprint density at radius 3 is 2.35 bits per heavy atom. The lowest BCUT2D eigenvalue weighted by molar-refractivity contribution is -0.138. The van der Waals surface area contributed by atoms with Crippen LogP contribution in [0.2, 0.25) is 0 Å². The van der Waals surface area contributed by atoms with Gasteiger partial charge in [0.05, 0.1) is 0 Å². The molecule has 2 aliphatic rings. The highest BCUT2D eigenvalue weighted by atomic mass is 16.5. The predicted octanol–water partition coefficient (Wildman–Crippen LogP) is 4.26. The van der Waals surface area contributed by atoms with Gasteiger partial charge in [0, 0.05) is 38.4 Å². The molecule has 2 unspecified atom stereocenters. The monoisotopic (exact) mass is 464 g/mol. The van der Waals surface area contributed by atoms with Gasteiger partial charge in [0.15, 0.2) is 0 Å². The van der Waals surface area contributed by atoms with Crippen molar-refractivity contribution in [1.29, 1.82) is 0 Å². The number of benzene rings is 2. The summed E-state index contributed by atoms with van der Waals surface area (Å²) in [4.78, 5) is 37.8. The second-order valence-corrected chi connectivity index (χ2v) is 9.28. The molecule has 7 heteroatoms. The van der Waals surface area contributed by atoms with Crippen LogP contribution in [0.4, 0.5) is 4.79 Å². The molecule has 1 aliphatic heterocycles. The molecule has 1 heterocycles. The number of carboxylic acid groups (broad SMARTS) is 1. The molecule has 0 radical (unpaired) electrons. The molecular weight excluding hydrogens is 432 g/mol. The minimum absolute atomic E-state index is 0.00602. The number of nitrogens with zero attached hydrogens (tertiary/aromatic N) is 1. The Bertz CT molecular complexity index is 1010. The summed E-state index contributed by atoms with van der Waals surface area (Å²) in [5.41, 5.74) is 4.70. The van der Waals surface area contributed by atoms with E-state index < -0.39 is 12.1 Å². The predicted molar refractivity (Wildman–Crippen MR) is 128 cm³/mol. The largest absolute Gasteiger partial charge is 0.481 e. The normalized spacial score (nSPS) is 17.7. The molecular formula is C27H32N2O5. The summed E-state index contributed by atoms with van der Waals surface area (Å²) >= 11 is 0. The number of fused-ring (bicyclic) bond motifs is 3. The van der Waals surface area contributed by atoms with Gasteiger partial charge in [0.2, 0.25) is 5.91 Å². The van der Waals surface area contributed by atoms with Crippen LogP contribution in [0.1, 0.15) is 49.7 Å². The van der Waals surface area contributed by atoms with E-state index in [9.17, 15) is 14.4 Å². The summed E-state index contributed by atoms with van der Waals surface area (Å²) < 4.78 is 5.59. The van der Waals surface area contributed by atoms with Crippen molar-refractivity contribution in [3.05, 3.63) is 59.7 Å². The fourth-order valence-corrected chi connectivity index (χ4v) is 5.09. The van der Waals surface area contributed by atoms with Crippen LogP contribution in [0.5, 0.6) is 0 Å². The number of rotatable bonds is 9. The lowest BCUT2D eigenvalue weighted by Crippen LogP contribution is -2.35. The summed E-state index contributed by atoms with van der Waals surface area (Å²) in [5.74, 6) is -0.755. The molecule has 0 spiro atoms. The summed E-state index contributed by atoms with van der Waals surface area (Å²) in [6, 6.07) is 16.4. The Morgan fingerprint density at radius 1 is 1.09 bits per heavy atom. The maximum absolute atomic E-state index is 12.7. The minimum Gasteiger partial charge on any atom is -0.481 e. The van der Waals surface area contributed by atoms with Crippen molar-refractivity contribution in [3.8, 4) is 11.1 Å². The summed E-state index contributed by atoms with van der Waals surface area (Å²) in [5, 5.41) is 11.8. The van der Waals surface area contributed by atoms with Gasteiger partial charge in [-0.3, -0.25) is 9.59 Å². The molecule has 1 saturated heterocycles. The third-order valence-electron chi connectivity index (χ3n) is 7.02. The van der Waals surface area contributed by atoms with Gasteiger partial charge >= 0.3 is 12.1 Å². The second-order valence-electron chi connectivity index (χ2n) is 9.28. The molecule has 0 aromatic heterocycles. The number of amides is 2. The van der Waals surface area contributed by atoms with E-state index in [-0.39, 0.29) is 36.7 Å². The molecule has 1 aliphatic carbocycles. The third-order valence-corrected chi connectivity index (χ3v) is 7.02. The van der Waals surface area contributed by atoms with Crippen molar-refractivity contribution >= 4 is 18.0 Å². The molecule has 2 atom stereocenters. The number of ether oxygens (including phenoxy) is 1. The van der Waals surface area contributed by atoms with Gasteiger partial charge in [-0.15, -0.1) is 0 Å². The van der Waals surface area contributed by atoms with E-state index in [0.29, 0.717) is 26.1 Å². The van der Waals surface area contributed by atoms with Crippen LogP contribution < -0.4 is 5.32 Å². The number of alkyl carbamates (subject to hydrolysis) is 1. The van der Waals surface area contributed by atoms with Crippen LogP contribution >= 0.6 is 0 Å². The summed E-state index contributed by atoms with van der Waals surface area (Å²) in [7, 11) is 0. The highest BCUT2D eigenvalue weighted by molar-refractivity contribution is 5.79. The van der Waals surface area contributed by atoms with E-state index >= 15 is 0 Å². The Morgan fingerprint density at radius 2 is 1.74 bits per heavy atom. The first-order valence-electron chi connectivity index (χ1n) is 12.0. The lowest BCUT2D eigenvalue weighted by atomic mass is 9.98. The van der Waals surface area contributed by atoms with Crippen LogP contribution in [0.25, 0.3) is 11.1 Å². The van der Waals surface area contributed by atoms with Crippen LogP contribution in [-0.4, -0.2) is 54.2 Å². The Kier molecular flexibility index (Phi) is 7.50. The van der Waals surface area contributed by atoms with Crippen molar-refractivity contribution in [3.63, 3.8) is 0 Å². The van der Waals surface area contributed by atoms with E-state index in [0.717, 1.165) is 12.8 Å². The van der Waals surface area contributed by atoms with Crippen molar-refractivity contribution in [2.24, 2.45) is 11.8 Å². The molecule has 0 saturated carbocycles. The highest BCUT2D eigenvalue weighted by Gasteiger charge is 2.30. The zero-order chi connectivity index (χ0) is 24.1. The molecule has 2 amide bonds. The maximum Gasteiger partial charge on any atom is 0.407 e. The zero-order valence-electron chi connectivity index (χ0n) is 19.5. The molecule has 2 aromatic rings. The molecule has 2 N–H and O–H groups in total. The van der Waals surface area contributed by atoms with E-state index in [1.807, 2.05) is 31.2 Å². The van der Waals surface area contributed by atoms with Crippen LogP contribution in [0.3, 0.4) is 0 Å². The maximum atomic E-state index is 12.7. The minimum atomic E-state index is -0.821. The molecule has 0 bridgehead atoms. The van der Waals surface area contributed by atoms with E-state index in [2.05, 4.69) is 29.6 Å². The Balaban J connectivity index is 1.25. The standard InChI is InChI=1S/C27H32N2O5/c1-2-18(13-25(30)29-12-11-19(16-29)14-26(31)32)15-28-27(33)34-17-24-22-9-5-3-7-20(22)21-8-4-6-10-23(21)24/h3-10,18-19,24H,2,11-17H2,1H3,(H,28,33)(H,31,32). The van der Waals surface area contributed by atoms with Crippen LogP contribution in [-0.2, 0) is 14.3 Å². The summed E-state index contributed by atoms with van der Waals surface area (Å²) in [6.07, 6.45) is 1.44. The average Bonchev–Trinajstić information content (AvgIpc) is 3.42. The molecule has 2 aromatic carbocycles. The fourth-order valence-electron chi connectivity index (χ4n) is 5.09. The van der Waals surface area contributed by atoms with Crippen molar-refractivity contribution in [1.82, 2.24) is 10.2 Å². The van der Waals surface area contributed by atoms with E-state index in [4.69, 9.17) is 9.84 Å². The molecule has 34 heavy (non-hydrogen) atoms. The first kappa shape index (κ1) is 23.8. The van der Waals surface area contributed by atoms with Gasteiger partial charge in [-0.25, -0.2) is 4.79 Å². The Hall–Kier alpha value is -3.35. The SMILES string of the molecule is CCC(CNC(=O)OCC1c2ccccc2-c2ccccc21)CC(=O)N1CCC(CC(=O)O)C1. The van der Waals surface area contributed by atoms with Gasteiger partial charge in [-0.2, -0.15) is 0 Å². The van der Waals surface area contributed by atoms with Crippen LogP contribution in [0, 0.1) is 11.8 Å². The number of hydrogen-bond donors (Lipinski definition) is 2.